The number of unbranched alkanes of at least 4 members (excludes halogenated alkanes) is 31. The van der Waals surface area contributed by atoms with Crippen molar-refractivity contribution in [2.75, 3.05) is 31.3 Å². The number of nitrogens with one attached hydrogen (secondary N) is 3. The summed E-state index contributed by atoms with van der Waals surface area (Å²) in [4.78, 5) is 98.0. The first-order valence-electron chi connectivity index (χ1n) is 38.3. The van der Waals surface area contributed by atoms with Crippen LogP contribution in [0.15, 0.2) is 141 Å². The van der Waals surface area contributed by atoms with Crippen LogP contribution in [0.25, 0.3) is 27.2 Å². The van der Waals surface area contributed by atoms with Crippen molar-refractivity contribution >= 4 is 56.5 Å². The minimum atomic E-state index is -1.49. The number of hydrogen-bond donors (Lipinski definition) is 5. The fraction of sp³-hybridized carbons (Fsp3) is 0.488. The van der Waals surface area contributed by atoms with Gasteiger partial charge in [-0.3, -0.25) is 33.3 Å². The molecule has 8 aromatic rings. The second kappa shape index (κ2) is 48.1. The number of anilines is 2. The highest BCUT2D eigenvalue weighted by Crippen LogP contribution is 2.28. The number of aromatic carboxylic acids is 2. The number of carboxylic acid groups (broad SMARTS) is 2. The van der Waals surface area contributed by atoms with Crippen molar-refractivity contribution in [3.05, 3.63) is 191 Å². The minimum Gasteiger partial charge on any atom is -0.478 e. The zero-order chi connectivity index (χ0) is 74.7. The van der Waals surface area contributed by atoms with Gasteiger partial charge in [-0.2, -0.15) is 0 Å². The number of aromatic nitrogens is 2. The number of fused-ring (bicyclic) bond motifs is 2. The highest BCUT2D eigenvalue weighted by molar-refractivity contribution is 6.15. The van der Waals surface area contributed by atoms with E-state index in [0.717, 1.165) is 39.4 Å². The molecule has 0 saturated carbocycles. The molecular formula is C86H117N5O12. The van der Waals surface area contributed by atoms with Crippen LogP contribution in [-0.2, 0) is 7.05 Å². The molecule has 0 radical (unpaired) electrons. The summed E-state index contributed by atoms with van der Waals surface area (Å²) in [6, 6.07) is 32.3. The van der Waals surface area contributed by atoms with Gasteiger partial charge in [-0.25, -0.2) is 14.2 Å². The van der Waals surface area contributed by atoms with Crippen LogP contribution in [0.2, 0.25) is 0 Å². The minimum absolute atomic E-state index is 0.111. The predicted octanol–water partition coefficient (Wildman–Crippen LogP) is 21.0. The Hall–Kier alpha value is -8.96. The molecule has 0 spiro atoms. The molecule has 17 heteroatoms. The number of carbonyl (C=O) groups excluding carboxylic acids is 2. The van der Waals surface area contributed by atoms with Crippen LogP contribution in [-0.4, -0.2) is 63.6 Å². The third kappa shape index (κ3) is 29.4. The van der Waals surface area contributed by atoms with Gasteiger partial charge >= 0.3 is 11.9 Å². The molecular weight excluding hydrogens is 1290 g/mol. The van der Waals surface area contributed by atoms with Gasteiger partial charge in [0, 0.05) is 31.0 Å². The topological polar surface area (TPSA) is 241 Å². The second-order valence-electron chi connectivity index (χ2n) is 27.1. The highest BCUT2D eigenvalue weighted by Gasteiger charge is 2.25. The van der Waals surface area contributed by atoms with Gasteiger partial charge in [0.2, 0.25) is 0 Å². The first-order valence-corrected chi connectivity index (χ1v) is 38.3. The number of carboxylic acids is 2. The van der Waals surface area contributed by atoms with Crippen molar-refractivity contribution in [2.45, 2.75) is 247 Å². The van der Waals surface area contributed by atoms with Crippen LogP contribution in [0.4, 0.5) is 11.4 Å². The van der Waals surface area contributed by atoms with E-state index in [4.69, 9.17) is 9.47 Å². The Bertz CT molecular complexity index is 3920. The number of ketones is 1. The molecule has 2 aromatic heterocycles. The average Bonchev–Trinajstić information content (AvgIpc) is 1.59. The van der Waals surface area contributed by atoms with E-state index in [9.17, 15) is 48.6 Å². The standard InChI is InChI=1S/C24H20N2O7.C24H16N2O5.C19H41N.C19H40/c1-13(27)18-11-19(21(24(31)32)12-20(18)23(29)30)22(28)26-15-5-9-17(10-6-15)33-16-7-3-14(25-2)4-8-16;1-13-3-7-15(8-4-13)31-16-9-5-14(6-10-16)26-23(29)19-11-17-18(12-20(19)24(26)30)22(28)25(2)21(17)27;1-3-4-5-6-7-8-9-10-11-12-13-14-15-16-17-18-19-20-2;1-3-5-7-9-11-13-15-17-19-18-16-14-12-10-8-6-4-2/h3-12,25H,1-2H3,(H,26,28)(H,29,30)(H,31,32);3-12H,1-2H3;20H,3-19H2,1-2H3;3-19H2,1-2H3. The van der Waals surface area contributed by atoms with Gasteiger partial charge in [-0.05, 0) is 143 Å². The van der Waals surface area contributed by atoms with Crippen molar-refractivity contribution in [1.29, 1.82) is 0 Å². The van der Waals surface area contributed by atoms with Gasteiger partial charge in [-0.1, -0.05) is 244 Å². The zero-order valence-corrected chi connectivity index (χ0v) is 63.0. The summed E-state index contributed by atoms with van der Waals surface area (Å²) in [6.45, 7) is 11.2. The van der Waals surface area contributed by atoms with Gasteiger partial charge in [-0.15, -0.1) is 0 Å². The average molecular weight is 1410 g/mol. The molecule has 0 unspecified atom stereocenters. The fourth-order valence-corrected chi connectivity index (χ4v) is 12.4. The lowest BCUT2D eigenvalue weighted by Gasteiger charge is -2.12. The van der Waals surface area contributed by atoms with E-state index in [2.05, 4.69) is 36.7 Å². The molecule has 1 amide bonds. The summed E-state index contributed by atoms with van der Waals surface area (Å²) in [6.07, 6.45) is 48.2. The second-order valence-corrected chi connectivity index (χ2v) is 27.1. The van der Waals surface area contributed by atoms with E-state index >= 15 is 0 Å². The zero-order valence-electron chi connectivity index (χ0n) is 63.0. The number of rotatable bonds is 44. The molecule has 558 valence electrons. The summed E-state index contributed by atoms with van der Waals surface area (Å²) in [7, 11) is 5.22. The van der Waals surface area contributed by atoms with Crippen molar-refractivity contribution in [2.24, 2.45) is 7.05 Å². The molecule has 0 bridgehead atoms. The van der Waals surface area contributed by atoms with Gasteiger partial charge in [0.05, 0.1) is 43.9 Å². The predicted molar refractivity (Wildman–Crippen MR) is 423 cm³/mol. The van der Waals surface area contributed by atoms with E-state index in [1.165, 1.54) is 238 Å². The van der Waals surface area contributed by atoms with Gasteiger partial charge < -0.3 is 35.6 Å². The van der Waals surface area contributed by atoms with Crippen LogP contribution in [0.5, 0.6) is 23.0 Å². The quantitative estimate of drug-likeness (QED) is 0.0176. The third-order valence-electron chi connectivity index (χ3n) is 18.7. The third-order valence-corrected chi connectivity index (χ3v) is 18.7. The Morgan fingerprint density at radius 2 is 0.680 bits per heavy atom. The largest absolute Gasteiger partial charge is 0.478 e. The molecule has 0 aliphatic rings. The molecule has 0 atom stereocenters. The molecule has 6 aromatic carbocycles. The van der Waals surface area contributed by atoms with E-state index in [-0.39, 0.29) is 32.7 Å². The molecule has 103 heavy (non-hydrogen) atoms. The van der Waals surface area contributed by atoms with E-state index in [1.54, 1.807) is 60.7 Å². The number of Topliss-reactive ketones (excluding diaryl/α,β-unsaturated/α-hetero) is 1. The Kier molecular flexibility index (Phi) is 39.5. The smallest absolute Gasteiger partial charge is 0.336 e. The first-order chi connectivity index (χ1) is 49.9. The van der Waals surface area contributed by atoms with Crippen molar-refractivity contribution < 1.29 is 38.9 Å². The van der Waals surface area contributed by atoms with Gasteiger partial charge in [0.15, 0.2) is 5.78 Å². The number of benzene rings is 6. The molecule has 0 aliphatic carbocycles. The molecule has 0 fully saturated rings. The van der Waals surface area contributed by atoms with Gasteiger partial charge in [0.1, 0.15) is 23.0 Å². The maximum Gasteiger partial charge on any atom is 0.336 e. The fourth-order valence-electron chi connectivity index (χ4n) is 12.4. The number of ether oxygens (including phenoxy) is 2. The summed E-state index contributed by atoms with van der Waals surface area (Å²) >= 11 is 0. The normalized spacial score (nSPS) is 10.9. The van der Waals surface area contributed by atoms with Crippen molar-refractivity contribution in [3.63, 3.8) is 0 Å². The van der Waals surface area contributed by atoms with Crippen molar-refractivity contribution in [3.8, 4) is 28.7 Å². The number of carbonyl (C=O) groups is 4. The van der Waals surface area contributed by atoms with E-state index in [0.29, 0.717) is 34.4 Å². The monoisotopic (exact) mass is 1410 g/mol. The Morgan fingerprint density at radius 1 is 0.379 bits per heavy atom. The lowest BCUT2D eigenvalue weighted by Crippen LogP contribution is -2.23. The number of aryl methyl sites for hydroxylation is 1. The lowest BCUT2D eigenvalue weighted by molar-refractivity contribution is 0.0689. The Morgan fingerprint density at radius 3 is 1.01 bits per heavy atom. The van der Waals surface area contributed by atoms with Crippen LogP contribution in [0, 0.1) is 6.92 Å². The van der Waals surface area contributed by atoms with Crippen LogP contribution in [0.3, 0.4) is 0 Å². The number of amides is 1. The molecule has 17 nitrogen and oxygen atoms in total. The molecule has 2 heterocycles. The van der Waals surface area contributed by atoms with Crippen LogP contribution >= 0.6 is 0 Å². The van der Waals surface area contributed by atoms with Crippen molar-refractivity contribution in [1.82, 2.24) is 14.5 Å². The summed E-state index contributed by atoms with van der Waals surface area (Å²) in [5, 5.41) is 28.0. The molecule has 8 rings (SSSR count). The van der Waals surface area contributed by atoms with E-state index < -0.39 is 57.0 Å². The number of nitrogens with zero attached hydrogens (tertiary/aromatic N) is 2. The van der Waals surface area contributed by atoms with Crippen LogP contribution in [0.1, 0.15) is 287 Å². The first kappa shape index (κ1) is 84.7. The van der Waals surface area contributed by atoms with Gasteiger partial charge in [0.25, 0.3) is 28.1 Å². The maximum atomic E-state index is 12.9. The number of hydrogen-bond acceptors (Lipinski definition) is 12. The molecule has 0 aliphatic heterocycles. The van der Waals surface area contributed by atoms with Crippen LogP contribution < -0.4 is 47.7 Å². The maximum absolute atomic E-state index is 12.9. The lowest BCUT2D eigenvalue weighted by atomic mass is 9.95. The highest BCUT2D eigenvalue weighted by atomic mass is 16.5. The summed E-state index contributed by atoms with van der Waals surface area (Å²) in [5.74, 6) is -2.01. The molecule has 0 saturated heterocycles. The Labute approximate surface area is 610 Å². The Balaban J connectivity index is 0.000000255. The summed E-state index contributed by atoms with van der Waals surface area (Å²) in [5.41, 5.74) is -0.875. The summed E-state index contributed by atoms with van der Waals surface area (Å²) < 4.78 is 13.5. The molecule has 5 N–H and O–H groups in total. The van der Waals surface area contributed by atoms with E-state index in [1.807, 2.05) is 57.4 Å². The SMILES string of the molecule is CCCCCCCCCCCCCCCCCCC.CCCCCCCCCCCCCCCCCCNC.CNc1ccc(Oc2ccc(NC(=O)c3cc(C(C)=O)c(C(=O)O)cc3C(=O)O)cc2)cc1.Cc1ccc(Oc2ccc(-n3c(=O)c4cc5c(=O)n(C)c(=O)c5cc4c3=O)cc2)cc1.